The molecule has 140 valence electrons. The summed E-state index contributed by atoms with van der Waals surface area (Å²) in [5.41, 5.74) is 8.37. The lowest BCUT2D eigenvalue weighted by atomic mass is 10.1. The molecule has 0 saturated heterocycles. The Morgan fingerprint density at radius 1 is 0.741 bits per heavy atom. The molecule has 0 bridgehead atoms. The first-order valence-corrected chi connectivity index (χ1v) is 13.0. The maximum atomic E-state index is 3.93. The summed E-state index contributed by atoms with van der Waals surface area (Å²) in [6, 6.07) is 19.4. The SMILES string of the molecule is CC(C)[Si](C#Cc1c(-c2ccccc2)sc2ccccc12)(C(C)C)C(C)C. The first-order chi connectivity index (χ1) is 12.9. The summed E-state index contributed by atoms with van der Waals surface area (Å²) in [5.74, 6) is 3.74. The Morgan fingerprint density at radius 3 is 1.89 bits per heavy atom. The lowest BCUT2D eigenvalue weighted by Crippen LogP contribution is -2.43. The molecule has 0 aliphatic rings. The van der Waals surface area contributed by atoms with Gasteiger partial charge in [-0.25, -0.2) is 0 Å². The van der Waals surface area contributed by atoms with Crippen LogP contribution >= 0.6 is 11.3 Å². The van der Waals surface area contributed by atoms with E-state index in [0.717, 1.165) is 0 Å². The van der Waals surface area contributed by atoms with Crippen molar-refractivity contribution in [3.05, 3.63) is 60.2 Å². The predicted molar refractivity (Wildman–Crippen MR) is 125 cm³/mol. The van der Waals surface area contributed by atoms with Crippen molar-refractivity contribution >= 4 is 29.5 Å². The topological polar surface area (TPSA) is 0 Å². The van der Waals surface area contributed by atoms with Crippen LogP contribution in [-0.2, 0) is 0 Å². The molecule has 2 aromatic carbocycles. The minimum absolute atomic E-state index is 0.648. The number of hydrogen-bond acceptors (Lipinski definition) is 1. The quantitative estimate of drug-likeness (QED) is 0.311. The summed E-state index contributed by atoms with van der Waals surface area (Å²) in [6.07, 6.45) is 0. The van der Waals surface area contributed by atoms with Gasteiger partial charge in [0, 0.05) is 10.1 Å². The molecule has 27 heavy (non-hydrogen) atoms. The molecule has 0 radical (unpaired) electrons. The Labute approximate surface area is 169 Å². The van der Waals surface area contributed by atoms with E-state index in [1.54, 1.807) is 0 Å². The zero-order valence-electron chi connectivity index (χ0n) is 17.3. The Kier molecular flexibility index (Phi) is 5.94. The largest absolute Gasteiger partial charge is 0.146 e. The summed E-state index contributed by atoms with van der Waals surface area (Å²) in [4.78, 5) is 1.31. The van der Waals surface area contributed by atoms with Crippen LogP contribution in [0.3, 0.4) is 0 Å². The van der Waals surface area contributed by atoms with E-state index in [0.29, 0.717) is 16.6 Å². The van der Waals surface area contributed by atoms with E-state index in [9.17, 15) is 0 Å². The number of rotatable bonds is 4. The second kappa shape index (κ2) is 8.05. The van der Waals surface area contributed by atoms with Crippen molar-refractivity contribution in [2.24, 2.45) is 0 Å². The van der Waals surface area contributed by atoms with Crippen molar-refractivity contribution in [1.29, 1.82) is 0 Å². The van der Waals surface area contributed by atoms with E-state index in [1.807, 2.05) is 11.3 Å². The van der Waals surface area contributed by atoms with Gasteiger partial charge in [-0.05, 0) is 28.3 Å². The first kappa shape index (κ1) is 19.9. The smallest absolute Gasteiger partial charge is 0.134 e. The highest BCUT2D eigenvalue weighted by atomic mass is 32.1. The molecular weight excluding hydrogens is 360 g/mol. The maximum absolute atomic E-state index is 3.93. The van der Waals surface area contributed by atoms with Crippen LogP contribution in [0.2, 0.25) is 16.6 Å². The summed E-state index contributed by atoms with van der Waals surface area (Å²) in [7, 11) is -1.75. The van der Waals surface area contributed by atoms with Gasteiger partial charge in [-0.15, -0.1) is 16.9 Å². The van der Waals surface area contributed by atoms with Crippen LogP contribution in [0.15, 0.2) is 54.6 Å². The van der Waals surface area contributed by atoms with Gasteiger partial charge >= 0.3 is 0 Å². The summed E-state index contributed by atoms with van der Waals surface area (Å²) in [5, 5.41) is 1.30. The van der Waals surface area contributed by atoms with Crippen molar-refractivity contribution in [3.63, 3.8) is 0 Å². The molecule has 0 aliphatic carbocycles. The van der Waals surface area contributed by atoms with Gasteiger partial charge in [-0.2, -0.15) is 0 Å². The van der Waals surface area contributed by atoms with E-state index >= 15 is 0 Å². The molecule has 0 atom stereocenters. The highest BCUT2D eigenvalue weighted by molar-refractivity contribution is 7.22. The fraction of sp³-hybridized carbons (Fsp3) is 0.360. The van der Waals surface area contributed by atoms with Crippen LogP contribution in [0, 0.1) is 11.5 Å². The molecule has 0 aliphatic heterocycles. The molecule has 0 N–H and O–H groups in total. The Bertz CT molecular complexity index is 946. The van der Waals surface area contributed by atoms with Crippen molar-refractivity contribution in [2.45, 2.75) is 58.2 Å². The van der Waals surface area contributed by atoms with E-state index in [4.69, 9.17) is 0 Å². The standard InChI is InChI=1S/C25H30SSi/c1-18(2)27(19(3)4,20(5)6)17-16-23-22-14-10-11-15-24(22)26-25(23)21-12-8-7-9-13-21/h7-15,18-20H,1-6H3. The van der Waals surface area contributed by atoms with Gasteiger partial charge in [0.15, 0.2) is 0 Å². The Morgan fingerprint density at radius 2 is 1.30 bits per heavy atom. The Balaban J connectivity index is 2.25. The van der Waals surface area contributed by atoms with Crippen LogP contribution < -0.4 is 0 Å². The van der Waals surface area contributed by atoms with Gasteiger partial charge < -0.3 is 0 Å². The first-order valence-electron chi connectivity index (χ1n) is 9.98. The lowest BCUT2D eigenvalue weighted by Gasteiger charge is -2.38. The molecule has 0 unspecified atom stereocenters. The van der Waals surface area contributed by atoms with Gasteiger partial charge in [-0.3, -0.25) is 0 Å². The number of thiophene rings is 1. The molecule has 3 rings (SSSR count). The zero-order valence-corrected chi connectivity index (χ0v) is 19.2. The number of hydrogen-bond donors (Lipinski definition) is 0. The number of fused-ring (bicyclic) bond motifs is 1. The third kappa shape index (κ3) is 3.64. The van der Waals surface area contributed by atoms with Crippen molar-refractivity contribution < 1.29 is 0 Å². The molecule has 1 aromatic heterocycles. The van der Waals surface area contributed by atoms with Gasteiger partial charge in [0.1, 0.15) is 8.07 Å². The summed E-state index contributed by atoms with van der Waals surface area (Å²) >= 11 is 1.87. The average molecular weight is 391 g/mol. The maximum Gasteiger partial charge on any atom is 0.146 e. The van der Waals surface area contributed by atoms with Gasteiger partial charge in [-0.1, -0.05) is 96.0 Å². The molecular formula is C25H30SSi. The fourth-order valence-electron chi connectivity index (χ4n) is 4.57. The molecule has 2 heteroatoms. The third-order valence-corrected chi connectivity index (χ3v) is 13.4. The molecule has 1 heterocycles. The number of benzene rings is 2. The molecule has 0 fully saturated rings. The van der Waals surface area contributed by atoms with Gasteiger partial charge in [0.2, 0.25) is 0 Å². The second-order valence-electron chi connectivity index (χ2n) is 8.32. The monoisotopic (exact) mass is 390 g/mol. The minimum Gasteiger partial charge on any atom is -0.134 e. The Hall–Kier alpha value is -1.82. The molecule has 0 spiro atoms. The molecule has 3 aromatic rings. The van der Waals surface area contributed by atoms with Crippen LogP contribution in [0.25, 0.3) is 20.5 Å². The summed E-state index contributed by atoms with van der Waals surface area (Å²) < 4.78 is 1.33. The molecule has 0 nitrogen and oxygen atoms in total. The summed E-state index contributed by atoms with van der Waals surface area (Å²) in [6.45, 7) is 14.3. The normalized spacial score (nSPS) is 12.0. The third-order valence-electron chi connectivity index (χ3n) is 5.90. The van der Waals surface area contributed by atoms with Crippen LogP contribution in [0.4, 0.5) is 0 Å². The highest BCUT2D eigenvalue weighted by Gasteiger charge is 2.41. The highest BCUT2D eigenvalue weighted by Crippen LogP contribution is 2.42. The van der Waals surface area contributed by atoms with Crippen molar-refractivity contribution in [1.82, 2.24) is 0 Å². The average Bonchev–Trinajstić information content (AvgIpc) is 3.01. The lowest BCUT2D eigenvalue weighted by molar-refractivity contribution is 0.838. The van der Waals surface area contributed by atoms with E-state index < -0.39 is 8.07 Å². The van der Waals surface area contributed by atoms with Crippen LogP contribution in [0.5, 0.6) is 0 Å². The predicted octanol–water partition coefficient (Wildman–Crippen LogP) is 8.14. The van der Waals surface area contributed by atoms with Crippen molar-refractivity contribution in [2.75, 3.05) is 0 Å². The molecule has 0 saturated carbocycles. The van der Waals surface area contributed by atoms with Crippen LogP contribution in [-0.4, -0.2) is 8.07 Å². The van der Waals surface area contributed by atoms with E-state index in [-0.39, 0.29) is 0 Å². The minimum atomic E-state index is -1.75. The van der Waals surface area contributed by atoms with Gasteiger partial charge in [0.25, 0.3) is 0 Å². The van der Waals surface area contributed by atoms with E-state index in [2.05, 4.69) is 108 Å². The zero-order chi connectivity index (χ0) is 19.6. The molecule has 0 amide bonds. The van der Waals surface area contributed by atoms with E-state index in [1.165, 1.54) is 26.1 Å². The van der Waals surface area contributed by atoms with Crippen LogP contribution in [0.1, 0.15) is 47.1 Å². The van der Waals surface area contributed by atoms with Crippen molar-refractivity contribution in [3.8, 4) is 21.9 Å². The fourth-order valence-corrected chi connectivity index (χ4v) is 10.9. The van der Waals surface area contributed by atoms with Gasteiger partial charge in [0.05, 0.1) is 10.4 Å². The second-order valence-corrected chi connectivity index (χ2v) is 14.9.